The number of nitrogens with zero attached hydrogens (tertiary/aromatic N) is 2. The average Bonchev–Trinajstić information content (AvgIpc) is 3.30. The van der Waals surface area contributed by atoms with E-state index in [1.54, 1.807) is 38.4 Å². The Bertz CT molecular complexity index is 1240. The van der Waals surface area contributed by atoms with Crippen molar-refractivity contribution < 1.29 is 14.3 Å². The van der Waals surface area contributed by atoms with E-state index in [2.05, 4.69) is 5.32 Å². The maximum atomic E-state index is 13.2. The number of hydrogen-bond donors (Lipinski definition) is 1. The molecule has 0 aliphatic carbocycles. The number of nitrogens with one attached hydrogen (secondary N) is 1. The van der Waals surface area contributed by atoms with Crippen molar-refractivity contribution in [2.24, 2.45) is 0 Å². The molecule has 0 saturated heterocycles. The summed E-state index contributed by atoms with van der Waals surface area (Å²) in [5, 5.41) is 3.73. The summed E-state index contributed by atoms with van der Waals surface area (Å²) in [5.41, 5.74) is 3.13. The van der Waals surface area contributed by atoms with Crippen molar-refractivity contribution >= 4 is 28.8 Å². The van der Waals surface area contributed by atoms with Crippen LogP contribution in [0.1, 0.15) is 9.67 Å². The summed E-state index contributed by atoms with van der Waals surface area (Å²) in [7, 11) is 3.35. The highest BCUT2D eigenvalue weighted by atomic mass is 32.1. The molecule has 1 aromatic heterocycles. The number of hydrogen-bond acceptors (Lipinski definition) is 5. The zero-order valence-corrected chi connectivity index (χ0v) is 19.1. The molecular weight excluding hydrogens is 434 g/mol. The lowest BCUT2D eigenvalue weighted by atomic mass is 10.1. The Morgan fingerprint density at radius 3 is 2.09 bits per heavy atom. The van der Waals surface area contributed by atoms with E-state index in [4.69, 9.17) is 9.72 Å². The van der Waals surface area contributed by atoms with Gasteiger partial charge in [0, 0.05) is 30.9 Å². The first kappa shape index (κ1) is 22.2. The third-order valence-corrected chi connectivity index (χ3v) is 5.98. The molecule has 0 fully saturated rings. The van der Waals surface area contributed by atoms with Crippen molar-refractivity contribution in [3.63, 3.8) is 0 Å². The first-order chi connectivity index (χ1) is 16.0. The molecule has 0 atom stereocenters. The van der Waals surface area contributed by atoms with Gasteiger partial charge in [0.05, 0.1) is 5.69 Å². The van der Waals surface area contributed by atoms with Crippen LogP contribution in [0.2, 0.25) is 0 Å². The fourth-order valence-electron chi connectivity index (χ4n) is 3.07. The minimum absolute atomic E-state index is 0.0394. The number of likely N-dealkylation sites (N-methyl/N-ethyl adjacent to an activating group) is 1. The fourth-order valence-corrected chi connectivity index (χ4v) is 4.05. The normalized spacial score (nSPS) is 10.5. The molecule has 4 aromatic rings. The van der Waals surface area contributed by atoms with E-state index in [1.165, 1.54) is 16.2 Å². The zero-order chi connectivity index (χ0) is 23.2. The van der Waals surface area contributed by atoms with E-state index in [-0.39, 0.29) is 18.4 Å². The van der Waals surface area contributed by atoms with Crippen LogP contribution in [0.15, 0.2) is 84.9 Å². The van der Waals surface area contributed by atoms with Gasteiger partial charge in [0.25, 0.3) is 11.8 Å². The van der Waals surface area contributed by atoms with Gasteiger partial charge in [-0.25, -0.2) is 4.98 Å². The Kier molecular flexibility index (Phi) is 6.80. The molecule has 33 heavy (non-hydrogen) atoms. The maximum Gasteiger partial charge on any atom is 0.268 e. The van der Waals surface area contributed by atoms with Crippen LogP contribution in [0.4, 0.5) is 5.69 Å². The van der Waals surface area contributed by atoms with Crippen molar-refractivity contribution in [1.29, 1.82) is 0 Å². The zero-order valence-electron chi connectivity index (χ0n) is 18.3. The molecule has 0 bridgehead atoms. The third kappa shape index (κ3) is 5.45. The largest absolute Gasteiger partial charge is 0.484 e. The van der Waals surface area contributed by atoms with Gasteiger partial charge in [0.15, 0.2) is 6.61 Å². The molecule has 0 aliphatic rings. The number of amides is 2. The maximum absolute atomic E-state index is 13.2. The number of anilines is 1. The molecule has 166 valence electrons. The van der Waals surface area contributed by atoms with Crippen LogP contribution in [-0.2, 0) is 4.79 Å². The highest BCUT2D eigenvalue weighted by molar-refractivity contribution is 7.17. The van der Waals surface area contributed by atoms with Gasteiger partial charge in [0.1, 0.15) is 15.6 Å². The second kappa shape index (κ2) is 10.1. The molecule has 6 nitrogen and oxygen atoms in total. The first-order valence-corrected chi connectivity index (χ1v) is 11.2. The molecule has 0 radical (unpaired) electrons. The molecule has 1 heterocycles. The van der Waals surface area contributed by atoms with Crippen LogP contribution in [0.25, 0.3) is 21.8 Å². The molecule has 0 spiro atoms. The van der Waals surface area contributed by atoms with E-state index >= 15 is 0 Å². The predicted octanol–water partition coefficient (Wildman–Crippen LogP) is 5.20. The second-order valence-corrected chi connectivity index (χ2v) is 8.48. The van der Waals surface area contributed by atoms with Crippen LogP contribution in [0.5, 0.6) is 5.75 Å². The molecule has 4 rings (SSSR count). The van der Waals surface area contributed by atoms with Gasteiger partial charge in [-0.3, -0.25) is 9.59 Å². The lowest BCUT2D eigenvalue weighted by Gasteiger charge is -2.11. The highest BCUT2D eigenvalue weighted by Gasteiger charge is 2.20. The van der Waals surface area contributed by atoms with Gasteiger partial charge in [-0.15, -0.1) is 11.3 Å². The first-order valence-electron chi connectivity index (χ1n) is 10.4. The van der Waals surface area contributed by atoms with E-state index in [1.807, 2.05) is 60.7 Å². The lowest BCUT2D eigenvalue weighted by Crippen LogP contribution is -2.27. The second-order valence-electron chi connectivity index (χ2n) is 7.48. The standard InChI is InChI=1S/C26H23N3O3S/c1-29(2)22(30)17-32-21-15-13-20(14-16-21)27-25(31)24-23(18-9-5-3-6-10-18)28-26(33-24)19-11-7-4-8-12-19/h3-16H,17H2,1-2H3,(H,27,31). The van der Waals surface area contributed by atoms with Crippen molar-refractivity contribution in [1.82, 2.24) is 9.88 Å². The third-order valence-electron chi connectivity index (χ3n) is 4.87. The molecule has 3 aromatic carbocycles. The Balaban J connectivity index is 1.55. The SMILES string of the molecule is CN(C)C(=O)COc1ccc(NC(=O)c2sc(-c3ccccc3)nc2-c2ccccc2)cc1. The van der Waals surface area contributed by atoms with Gasteiger partial charge < -0.3 is 15.0 Å². The Morgan fingerprint density at radius 2 is 1.48 bits per heavy atom. The van der Waals surface area contributed by atoms with Crippen molar-refractivity contribution in [2.75, 3.05) is 26.0 Å². The number of carbonyl (C=O) groups is 2. The van der Waals surface area contributed by atoms with Crippen LogP contribution in [0, 0.1) is 0 Å². The average molecular weight is 458 g/mol. The van der Waals surface area contributed by atoms with Gasteiger partial charge >= 0.3 is 0 Å². The molecule has 1 N–H and O–H groups in total. The fraction of sp³-hybridized carbons (Fsp3) is 0.115. The number of thiazole rings is 1. The highest BCUT2D eigenvalue weighted by Crippen LogP contribution is 2.34. The number of benzene rings is 3. The molecule has 0 saturated carbocycles. The Morgan fingerprint density at radius 1 is 0.879 bits per heavy atom. The smallest absolute Gasteiger partial charge is 0.268 e. The topological polar surface area (TPSA) is 71.5 Å². The number of aromatic nitrogens is 1. The minimum Gasteiger partial charge on any atom is -0.484 e. The summed E-state index contributed by atoms with van der Waals surface area (Å²) in [6, 6.07) is 26.4. The van der Waals surface area contributed by atoms with Crippen molar-refractivity contribution in [2.45, 2.75) is 0 Å². The summed E-state index contributed by atoms with van der Waals surface area (Å²) in [5.74, 6) is 0.197. The van der Waals surface area contributed by atoms with Crippen LogP contribution < -0.4 is 10.1 Å². The summed E-state index contributed by atoms with van der Waals surface area (Å²) in [6.45, 7) is -0.0394. The van der Waals surface area contributed by atoms with Gasteiger partial charge in [0.2, 0.25) is 0 Å². The summed E-state index contributed by atoms with van der Waals surface area (Å²) in [6.07, 6.45) is 0. The summed E-state index contributed by atoms with van der Waals surface area (Å²) >= 11 is 1.36. The quantitative estimate of drug-likeness (QED) is 0.414. The van der Waals surface area contributed by atoms with Crippen LogP contribution in [0.3, 0.4) is 0 Å². The van der Waals surface area contributed by atoms with Gasteiger partial charge in [-0.1, -0.05) is 60.7 Å². The van der Waals surface area contributed by atoms with Gasteiger partial charge in [-0.05, 0) is 24.3 Å². The van der Waals surface area contributed by atoms with E-state index < -0.39 is 0 Å². The van der Waals surface area contributed by atoms with Crippen LogP contribution in [-0.4, -0.2) is 42.4 Å². The molecule has 7 heteroatoms. The van der Waals surface area contributed by atoms with E-state index in [0.717, 1.165) is 16.1 Å². The molecule has 2 amide bonds. The monoisotopic (exact) mass is 457 g/mol. The van der Waals surface area contributed by atoms with Crippen LogP contribution >= 0.6 is 11.3 Å². The summed E-state index contributed by atoms with van der Waals surface area (Å²) in [4.78, 5) is 31.7. The number of rotatable bonds is 7. The minimum atomic E-state index is -0.231. The lowest BCUT2D eigenvalue weighted by molar-refractivity contribution is -0.130. The van der Waals surface area contributed by atoms with Crippen molar-refractivity contribution in [3.05, 3.63) is 89.8 Å². The summed E-state index contributed by atoms with van der Waals surface area (Å²) < 4.78 is 5.49. The molecule has 0 unspecified atom stereocenters. The Hall–Kier alpha value is -3.97. The number of ether oxygens (including phenoxy) is 1. The van der Waals surface area contributed by atoms with E-state index in [9.17, 15) is 9.59 Å². The van der Waals surface area contributed by atoms with Gasteiger partial charge in [-0.2, -0.15) is 0 Å². The molecule has 0 aliphatic heterocycles. The van der Waals surface area contributed by atoms with E-state index in [0.29, 0.717) is 22.0 Å². The van der Waals surface area contributed by atoms with Crippen molar-refractivity contribution in [3.8, 4) is 27.6 Å². The predicted molar refractivity (Wildman–Crippen MR) is 132 cm³/mol. The molecular formula is C26H23N3O3S. The number of carbonyl (C=O) groups excluding carboxylic acids is 2. The Labute approximate surface area is 196 Å².